The van der Waals surface area contributed by atoms with E-state index < -0.39 is 0 Å². The summed E-state index contributed by atoms with van der Waals surface area (Å²) in [5, 5.41) is 3.20. The molecule has 3 heteroatoms. The summed E-state index contributed by atoms with van der Waals surface area (Å²) in [6.07, 6.45) is 1.24. The predicted molar refractivity (Wildman–Crippen MR) is 60.8 cm³/mol. The van der Waals surface area contributed by atoms with E-state index in [1.165, 1.54) is 12.1 Å². The molecule has 1 atom stereocenters. The second-order valence-corrected chi connectivity index (χ2v) is 4.39. The Morgan fingerprint density at radius 1 is 1.50 bits per heavy atom. The van der Waals surface area contributed by atoms with Gasteiger partial charge in [0.1, 0.15) is 11.6 Å². The molecule has 1 N–H and O–H groups in total. The molecule has 2 rings (SSSR count). The number of hydrogen-bond donors (Lipinski definition) is 1. The molecule has 0 amide bonds. The highest BCUT2D eigenvalue weighted by Gasteiger charge is 2.22. The fourth-order valence-corrected chi connectivity index (χ4v) is 2.12. The molecule has 1 heterocycles. The van der Waals surface area contributed by atoms with Gasteiger partial charge in [0, 0.05) is 25.4 Å². The van der Waals surface area contributed by atoms with Gasteiger partial charge in [-0.3, -0.25) is 4.79 Å². The quantitative estimate of drug-likeness (QED) is 0.825. The van der Waals surface area contributed by atoms with Gasteiger partial charge in [0.2, 0.25) is 0 Å². The Labute approximate surface area is 94.9 Å². The first-order valence-electron chi connectivity index (χ1n) is 5.65. The van der Waals surface area contributed by atoms with E-state index >= 15 is 0 Å². The summed E-state index contributed by atoms with van der Waals surface area (Å²) in [5.74, 6) is 0.0773. The molecule has 1 saturated heterocycles. The van der Waals surface area contributed by atoms with Gasteiger partial charge in [-0.25, -0.2) is 4.39 Å². The number of benzene rings is 1. The van der Waals surface area contributed by atoms with Crippen LogP contribution >= 0.6 is 0 Å². The average Bonchev–Trinajstić information content (AvgIpc) is 2.27. The molecular formula is C13H16FNO. The van der Waals surface area contributed by atoms with Crippen LogP contribution in [0, 0.1) is 18.7 Å². The van der Waals surface area contributed by atoms with Crippen molar-refractivity contribution < 1.29 is 9.18 Å². The van der Waals surface area contributed by atoms with Crippen molar-refractivity contribution in [1.29, 1.82) is 0 Å². The van der Waals surface area contributed by atoms with Gasteiger partial charge in [0.25, 0.3) is 0 Å². The van der Waals surface area contributed by atoms with Crippen LogP contribution in [0.1, 0.15) is 17.5 Å². The fourth-order valence-electron chi connectivity index (χ4n) is 2.12. The third kappa shape index (κ3) is 2.47. The van der Waals surface area contributed by atoms with Crippen molar-refractivity contribution >= 4 is 5.78 Å². The first-order chi connectivity index (χ1) is 7.66. The van der Waals surface area contributed by atoms with Crippen molar-refractivity contribution in [3.8, 4) is 0 Å². The van der Waals surface area contributed by atoms with Gasteiger partial charge in [0.05, 0.1) is 0 Å². The molecule has 1 fully saturated rings. The first-order valence-corrected chi connectivity index (χ1v) is 5.65. The lowest BCUT2D eigenvalue weighted by molar-refractivity contribution is -0.123. The summed E-state index contributed by atoms with van der Waals surface area (Å²) in [4.78, 5) is 11.7. The number of halogens is 1. The summed E-state index contributed by atoms with van der Waals surface area (Å²) < 4.78 is 13.1. The summed E-state index contributed by atoms with van der Waals surface area (Å²) in [6, 6.07) is 4.77. The van der Waals surface area contributed by atoms with Crippen molar-refractivity contribution in [3.05, 3.63) is 35.1 Å². The van der Waals surface area contributed by atoms with Gasteiger partial charge < -0.3 is 5.32 Å². The standard InChI is InChI=1S/C13H16FNO/c1-9-2-3-12(14)7-10(9)6-11-8-15-5-4-13(11)16/h2-3,7,11,15H,4-6,8H2,1H3. The second-order valence-electron chi connectivity index (χ2n) is 4.39. The van der Waals surface area contributed by atoms with Crippen LogP contribution < -0.4 is 5.32 Å². The number of carbonyl (C=O) groups excluding carboxylic acids is 1. The number of ketones is 1. The Morgan fingerprint density at radius 3 is 3.06 bits per heavy atom. The van der Waals surface area contributed by atoms with E-state index in [2.05, 4.69) is 5.32 Å². The predicted octanol–water partition coefficient (Wildman–Crippen LogP) is 1.86. The summed E-state index contributed by atoms with van der Waals surface area (Å²) in [7, 11) is 0. The van der Waals surface area contributed by atoms with Crippen molar-refractivity contribution in [1.82, 2.24) is 5.32 Å². The molecule has 1 aliphatic rings. The highest BCUT2D eigenvalue weighted by atomic mass is 19.1. The Balaban J connectivity index is 2.13. The first kappa shape index (κ1) is 11.3. The maximum atomic E-state index is 13.1. The molecule has 1 aliphatic heterocycles. The molecule has 0 aromatic heterocycles. The fraction of sp³-hybridized carbons (Fsp3) is 0.462. The average molecular weight is 221 g/mol. The lowest BCUT2D eigenvalue weighted by Gasteiger charge is -2.22. The molecule has 0 radical (unpaired) electrons. The zero-order valence-electron chi connectivity index (χ0n) is 9.42. The number of carbonyl (C=O) groups is 1. The molecule has 1 unspecified atom stereocenters. The Bertz CT molecular complexity index is 403. The van der Waals surface area contributed by atoms with Crippen LogP contribution in [-0.2, 0) is 11.2 Å². The lowest BCUT2D eigenvalue weighted by atomic mass is 9.89. The summed E-state index contributed by atoms with van der Waals surface area (Å²) >= 11 is 0. The largest absolute Gasteiger partial charge is 0.316 e. The molecule has 0 spiro atoms. The molecule has 0 aliphatic carbocycles. The Hall–Kier alpha value is -1.22. The van der Waals surface area contributed by atoms with Crippen molar-refractivity contribution in [2.24, 2.45) is 5.92 Å². The SMILES string of the molecule is Cc1ccc(F)cc1CC1CNCCC1=O. The highest BCUT2D eigenvalue weighted by Crippen LogP contribution is 2.17. The summed E-state index contributed by atoms with van der Waals surface area (Å²) in [5.41, 5.74) is 2.00. The van der Waals surface area contributed by atoms with Gasteiger partial charge in [-0.05, 0) is 36.6 Å². The summed E-state index contributed by atoms with van der Waals surface area (Å²) in [6.45, 7) is 3.45. The second kappa shape index (κ2) is 4.74. The third-order valence-electron chi connectivity index (χ3n) is 3.17. The van der Waals surface area contributed by atoms with Crippen molar-refractivity contribution in [2.75, 3.05) is 13.1 Å². The molecule has 0 saturated carbocycles. The number of aryl methyl sites for hydroxylation is 1. The van der Waals surface area contributed by atoms with Crippen molar-refractivity contribution in [2.45, 2.75) is 19.8 Å². The van der Waals surface area contributed by atoms with E-state index in [1.807, 2.05) is 6.92 Å². The molecule has 86 valence electrons. The van der Waals surface area contributed by atoms with Crippen LogP contribution in [0.3, 0.4) is 0 Å². The Morgan fingerprint density at radius 2 is 2.31 bits per heavy atom. The van der Waals surface area contributed by atoms with E-state index in [-0.39, 0.29) is 11.7 Å². The normalized spacial score (nSPS) is 21.1. The van der Waals surface area contributed by atoms with Gasteiger partial charge in [-0.2, -0.15) is 0 Å². The van der Waals surface area contributed by atoms with Gasteiger partial charge in [-0.15, -0.1) is 0 Å². The molecule has 0 bridgehead atoms. The molecule has 2 nitrogen and oxygen atoms in total. The monoisotopic (exact) mass is 221 g/mol. The minimum absolute atomic E-state index is 0.00856. The van der Waals surface area contributed by atoms with Crippen LogP contribution in [0.25, 0.3) is 0 Å². The smallest absolute Gasteiger partial charge is 0.138 e. The molecule has 16 heavy (non-hydrogen) atoms. The minimum atomic E-state index is -0.225. The minimum Gasteiger partial charge on any atom is -0.316 e. The number of hydrogen-bond acceptors (Lipinski definition) is 2. The van der Waals surface area contributed by atoms with E-state index in [0.29, 0.717) is 18.6 Å². The maximum Gasteiger partial charge on any atom is 0.138 e. The Kier molecular flexibility index (Phi) is 3.34. The lowest BCUT2D eigenvalue weighted by Crippen LogP contribution is -2.38. The maximum absolute atomic E-state index is 13.1. The van der Waals surface area contributed by atoms with Crippen LogP contribution in [-0.4, -0.2) is 18.9 Å². The number of Topliss-reactive ketones (excluding diaryl/α,β-unsaturated/α-hetero) is 1. The number of rotatable bonds is 2. The van der Waals surface area contributed by atoms with E-state index in [0.717, 1.165) is 24.2 Å². The van der Waals surface area contributed by atoms with Crippen LogP contribution in [0.4, 0.5) is 4.39 Å². The van der Waals surface area contributed by atoms with E-state index in [4.69, 9.17) is 0 Å². The van der Waals surface area contributed by atoms with Crippen LogP contribution in [0.5, 0.6) is 0 Å². The van der Waals surface area contributed by atoms with Gasteiger partial charge in [-0.1, -0.05) is 6.07 Å². The molecule has 1 aromatic rings. The van der Waals surface area contributed by atoms with Gasteiger partial charge in [0.15, 0.2) is 0 Å². The number of nitrogens with one attached hydrogen (secondary N) is 1. The van der Waals surface area contributed by atoms with Crippen LogP contribution in [0.15, 0.2) is 18.2 Å². The zero-order chi connectivity index (χ0) is 11.5. The van der Waals surface area contributed by atoms with E-state index in [9.17, 15) is 9.18 Å². The van der Waals surface area contributed by atoms with Gasteiger partial charge >= 0.3 is 0 Å². The van der Waals surface area contributed by atoms with E-state index in [1.54, 1.807) is 6.07 Å². The topological polar surface area (TPSA) is 29.1 Å². The number of piperidine rings is 1. The molecule has 1 aromatic carbocycles. The zero-order valence-corrected chi connectivity index (χ0v) is 9.42. The van der Waals surface area contributed by atoms with Crippen molar-refractivity contribution in [3.63, 3.8) is 0 Å². The highest BCUT2D eigenvalue weighted by molar-refractivity contribution is 5.82. The third-order valence-corrected chi connectivity index (χ3v) is 3.17. The van der Waals surface area contributed by atoms with Crippen LogP contribution in [0.2, 0.25) is 0 Å². The molecular weight excluding hydrogens is 205 g/mol.